The number of aryl methyl sites for hydroxylation is 1. The molecule has 20 heavy (non-hydrogen) atoms. The van der Waals surface area contributed by atoms with E-state index in [0.29, 0.717) is 0 Å². The Morgan fingerprint density at radius 2 is 2.15 bits per heavy atom. The molecular formula is C16H18N2OS. The van der Waals surface area contributed by atoms with E-state index in [2.05, 4.69) is 36.0 Å². The molecule has 0 bridgehead atoms. The number of fused-ring (bicyclic) bond motifs is 1. The van der Waals surface area contributed by atoms with Crippen molar-refractivity contribution in [2.45, 2.75) is 26.4 Å². The van der Waals surface area contributed by atoms with Crippen molar-refractivity contribution in [3.05, 3.63) is 52.2 Å². The highest BCUT2D eigenvalue weighted by Crippen LogP contribution is 2.28. The third kappa shape index (κ3) is 2.62. The smallest absolute Gasteiger partial charge is 0.134 e. The van der Waals surface area contributed by atoms with Crippen molar-refractivity contribution in [1.29, 1.82) is 0 Å². The van der Waals surface area contributed by atoms with Gasteiger partial charge in [0.25, 0.3) is 0 Å². The van der Waals surface area contributed by atoms with Gasteiger partial charge in [-0.25, -0.2) is 4.98 Å². The fraction of sp³-hybridized carbons (Fsp3) is 0.312. The first kappa shape index (κ1) is 13.3. The first-order valence-electron chi connectivity index (χ1n) is 6.73. The summed E-state index contributed by atoms with van der Waals surface area (Å²) in [6.07, 6.45) is 1.96. The molecular weight excluding hydrogens is 268 g/mol. The Morgan fingerprint density at radius 1 is 1.35 bits per heavy atom. The number of hydrogen-bond donors (Lipinski definition) is 0. The molecule has 4 heteroatoms. The van der Waals surface area contributed by atoms with Gasteiger partial charge in [-0.15, -0.1) is 11.3 Å². The molecule has 2 aromatic heterocycles. The topological polar surface area (TPSA) is 29.3 Å². The van der Waals surface area contributed by atoms with Gasteiger partial charge in [-0.3, -0.25) is 4.90 Å². The van der Waals surface area contributed by atoms with E-state index in [4.69, 9.17) is 4.42 Å². The number of rotatable bonds is 4. The number of aromatic nitrogens is 1. The van der Waals surface area contributed by atoms with Crippen LogP contribution in [0.4, 0.5) is 0 Å². The van der Waals surface area contributed by atoms with E-state index >= 15 is 0 Å². The molecule has 104 valence electrons. The second kappa shape index (κ2) is 5.38. The Bertz CT molecular complexity index is 683. The zero-order chi connectivity index (χ0) is 14.1. The molecule has 3 rings (SSSR count). The van der Waals surface area contributed by atoms with Crippen LogP contribution < -0.4 is 0 Å². The van der Waals surface area contributed by atoms with E-state index < -0.39 is 0 Å². The highest BCUT2D eigenvalue weighted by Gasteiger charge is 2.17. The fourth-order valence-electron chi connectivity index (χ4n) is 2.29. The van der Waals surface area contributed by atoms with E-state index in [1.54, 1.807) is 11.3 Å². The van der Waals surface area contributed by atoms with Crippen LogP contribution in [0.5, 0.6) is 0 Å². The Kier molecular flexibility index (Phi) is 3.59. The number of benzene rings is 1. The molecule has 0 fully saturated rings. The van der Waals surface area contributed by atoms with E-state index in [9.17, 15) is 0 Å². The van der Waals surface area contributed by atoms with Crippen molar-refractivity contribution in [3.63, 3.8) is 0 Å². The second-order valence-electron chi connectivity index (χ2n) is 5.12. The third-order valence-corrected chi connectivity index (χ3v) is 4.49. The van der Waals surface area contributed by atoms with Crippen LogP contribution in [0.15, 0.2) is 40.9 Å². The Morgan fingerprint density at radius 3 is 2.85 bits per heavy atom. The number of thiazole rings is 1. The average molecular weight is 286 g/mol. The van der Waals surface area contributed by atoms with Gasteiger partial charge in [0.1, 0.15) is 11.3 Å². The van der Waals surface area contributed by atoms with Crippen LogP contribution in [0.2, 0.25) is 0 Å². The summed E-state index contributed by atoms with van der Waals surface area (Å²) in [4.78, 5) is 7.87. The summed E-state index contributed by atoms with van der Waals surface area (Å²) in [7, 11) is 2.12. The molecule has 0 amide bonds. The average Bonchev–Trinajstić information content (AvgIpc) is 3.03. The van der Waals surface area contributed by atoms with Crippen LogP contribution in [-0.4, -0.2) is 16.9 Å². The highest BCUT2D eigenvalue weighted by molar-refractivity contribution is 7.11. The molecule has 0 saturated carbocycles. The van der Waals surface area contributed by atoms with Crippen molar-refractivity contribution in [1.82, 2.24) is 9.88 Å². The Hall–Kier alpha value is -1.65. The van der Waals surface area contributed by atoms with Crippen molar-refractivity contribution in [2.75, 3.05) is 7.05 Å². The van der Waals surface area contributed by atoms with Gasteiger partial charge in [0.05, 0.1) is 11.0 Å². The lowest BCUT2D eigenvalue weighted by molar-refractivity contribution is 0.228. The summed E-state index contributed by atoms with van der Waals surface area (Å²) in [5.41, 5.74) is 0.955. The molecule has 0 spiro atoms. The number of hydrogen-bond acceptors (Lipinski definition) is 4. The normalized spacial score (nSPS) is 13.2. The zero-order valence-corrected chi connectivity index (χ0v) is 12.8. The quantitative estimate of drug-likeness (QED) is 0.712. The van der Waals surface area contributed by atoms with Gasteiger partial charge in [0, 0.05) is 23.0 Å². The Balaban J connectivity index is 1.78. The first-order chi connectivity index (χ1) is 9.63. The summed E-state index contributed by atoms with van der Waals surface area (Å²) in [6, 6.07) is 10.5. The van der Waals surface area contributed by atoms with Gasteiger partial charge in [0.15, 0.2) is 0 Å². The number of para-hydroxylation sites is 1. The monoisotopic (exact) mass is 286 g/mol. The summed E-state index contributed by atoms with van der Waals surface area (Å²) in [5.74, 6) is 1.01. The van der Waals surface area contributed by atoms with Gasteiger partial charge in [0.2, 0.25) is 0 Å². The summed E-state index contributed by atoms with van der Waals surface area (Å²) < 4.78 is 5.94. The molecule has 0 N–H and O–H groups in total. The molecule has 0 saturated heterocycles. The molecule has 0 aliphatic carbocycles. The van der Waals surface area contributed by atoms with Crippen LogP contribution in [-0.2, 0) is 6.54 Å². The van der Waals surface area contributed by atoms with E-state index in [1.807, 2.05) is 31.3 Å². The van der Waals surface area contributed by atoms with Crippen LogP contribution in [0, 0.1) is 6.92 Å². The van der Waals surface area contributed by atoms with Crippen LogP contribution in [0.3, 0.4) is 0 Å². The zero-order valence-electron chi connectivity index (χ0n) is 12.0. The number of furan rings is 1. The molecule has 3 aromatic rings. The van der Waals surface area contributed by atoms with E-state index in [-0.39, 0.29) is 6.04 Å². The lowest BCUT2D eigenvalue weighted by atomic mass is 10.2. The standard InChI is InChI=1S/C16H18N2OS/c1-11(18(3)10-14-9-17-12(2)20-14)16-8-13-6-4-5-7-15(13)19-16/h4-9,11H,10H2,1-3H3. The predicted molar refractivity (Wildman–Crippen MR) is 82.9 cm³/mol. The van der Waals surface area contributed by atoms with Crippen LogP contribution in [0.1, 0.15) is 28.6 Å². The SMILES string of the molecule is Cc1ncc(CN(C)C(C)c2cc3ccccc3o2)s1. The summed E-state index contributed by atoms with van der Waals surface area (Å²) >= 11 is 1.75. The maximum Gasteiger partial charge on any atom is 0.134 e. The maximum atomic E-state index is 5.94. The molecule has 0 radical (unpaired) electrons. The molecule has 1 atom stereocenters. The summed E-state index contributed by atoms with van der Waals surface area (Å²) in [6.45, 7) is 5.10. The van der Waals surface area contributed by atoms with Crippen molar-refractivity contribution in [2.24, 2.45) is 0 Å². The van der Waals surface area contributed by atoms with E-state index in [0.717, 1.165) is 28.3 Å². The van der Waals surface area contributed by atoms with Crippen molar-refractivity contribution < 1.29 is 4.42 Å². The highest BCUT2D eigenvalue weighted by atomic mass is 32.1. The number of nitrogens with zero attached hydrogens (tertiary/aromatic N) is 2. The van der Waals surface area contributed by atoms with E-state index in [1.165, 1.54) is 4.88 Å². The minimum absolute atomic E-state index is 0.241. The van der Waals surface area contributed by atoms with Crippen molar-refractivity contribution in [3.8, 4) is 0 Å². The lowest BCUT2D eigenvalue weighted by Crippen LogP contribution is -2.20. The molecule has 1 unspecified atom stereocenters. The lowest BCUT2D eigenvalue weighted by Gasteiger charge is -2.21. The predicted octanol–water partition coefficient (Wildman–Crippen LogP) is 4.39. The third-order valence-electron chi connectivity index (χ3n) is 3.59. The fourth-order valence-corrected chi connectivity index (χ4v) is 3.15. The van der Waals surface area contributed by atoms with Crippen LogP contribution in [0.25, 0.3) is 11.0 Å². The maximum absolute atomic E-state index is 5.94. The Labute approximate surface area is 122 Å². The van der Waals surface area contributed by atoms with Gasteiger partial charge >= 0.3 is 0 Å². The van der Waals surface area contributed by atoms with Gasteiger partial charge in [-0.1, -0.05) is 18.2 Å². The summed E-state index contributed by atoms with van der Waals surface area (Å²) in [5, 5.41) is 2.28. The molecule has 0 aliphatic rings. The molecule has 2 heterocycles. The minimum atomic E-state index is 0.241. The second-order valence-corrected chi connectivity index (χ2v) is 6.44. The van der Waals surface area contributed by atoms with Gasteiger partial charge in [-0.05, 0) is 33.0 Å². The molecule has 3 nitrogen and oxygen atoms in total. The van der Waals surface area contributed by atoms with Gasteiger partial charge < -0.3 is 4.42 Å². The van der Waals surface area contributed by atoms with Crippen LogP contribution >= 0.6 is 11.3 Å². The molecule has 1 aromatic carbocycles. The minimum Gasteiger partial charge on any atom is -0.459 e. The first-order valence-corrected chi connectivity index (χ1v) is 7.55. The molecule has 0 aliphatic heterocycles. The van der Waals surface area contributed by atoms with Gasteiger partial charge in [-0.2, -0.15) is 0 Å². The van der Waals surface area contributed by atoms with Crippen molar-refractivity contribution >= 4 is 22.3 Å². The largest absolute Gasteiger partial charge is 0.459 e.